The maximum Gasteiger partial charge on any atom is 0.516 e. The SMILES string of the molecule is CCc1nc2nc3c(cn2c1C(=O)NCc1ccc(N2CCN(S(=O)(=O)C(F)(F)F)C(C(C)C)=N2)cc1)CCC3. The number of amides is 1. The number of fused-ring (bicyclic) bond motifs is 2. The molecule has 2 aliphatic rings. The molecule has 0 unspecified atom stereocenters. The molecule has 1 amide bonds. The molecular weight excluding hydrogens is 547 g/mol. The van der Waals surface area contributed by atoms with Crippen LogP contribution in [0.1, 0.15) is 60.2 Å². The summed E-state index contributed by atoms with van der Waals surface area (Å²) in [5, 5.41) is 8.66. The number of hydrogen-bond acceptors (Lipinski definition) is 7. The third-order valence-corrected chi connectivity index (χ3v) is 8.58. The number of rotatable bonds is 7. The fraction of sp³-hybridized carbons (Fsp3) is 0.462. The van der Waals surface area contributed by atoms with Crippen molar-refractivity contribution in [3.63, 3.8) is 0 Å². The highest BCUT2D eigenvalue weighted by atomic mass is 32.2. The molecule has 0 saturated heterocycles. The van der Waals surface area contributed by atoms with Crippen molar-refractivity contribution in [1.29, 1.82) is 0 Å². The molecule has 40 heavy (non-hydrogen) atoms. The number of hydrazone groups is 1. The predicted octanol–water partition coefficient (Wildman–Crippen LogP) is 3.65. The van der Waals surface area contributed by atoms with Crippen LogP contribution in [-0.4, -0.2) is 57.4 Å². The van der Waals surface area contributed by atoms with Crippen molar-refractivity contribution in [2.24, 2.45) is 11.0 Å². The normalized spacial score (nSPS) is 16.0. The zero-order valence-corrected chi connectivity index (χ0v) is 23.2. The van der Waals surface area contributed by atoms with Crippen LogP contribution in [0.25, 0.3) is 5.78 Å². The van der Waals surface area contributed by atoms with Crippen LogP contribution in [0.5, 0.6) is 0 Å². The Morgan fingerprint density at radius 2 is 1.82 bits per heavy atom. The number of alkyl halides is 3. The molecule has 214 valence electrons. The minimum absolute atomic E-state index is 0.0482. The number of imidazole rings is 1. The fourth-order valence-electron chi connectivity index (χ4n) is 4.98. The minimum atomic E-state index is -5.54. The first kappa shape index (κ1) is 27.9. The highest BCUT2D eigenvalue weighted by molar-refractivity contribution is 7.90. The molecular formula is C26H30F3N7O3S. The summed E-state index contributed by atoms with van der Waals surface area (Å²) in [6.07, 6.45) is 5.44. The summed E-state index contributed by atoms with van der Waals surface area (Å²) in [5.41, 5.74) is -0.693. The van der Waals surface area contributed by atoms with Gasteiger partial charge in [-0.1, -0.05) is 32.9 Å². The van der Waals surface area contributed by atoms with Crippen molar-refractivity contribution in [3.05, 3.63) is 58.7 Å². The van der Waals surface area contributed by atoms with Crippen LogP contribution in [0, 0.1) is 5.92 Å². The Morgan fingerprint density at radius 3 is 2.48 bits per heavy atom. The van der Waals surface area contributed by atoms with E-state index in [1.54, 1.807) is 42.5 Å². The van der Waals surface area contributed by atoms with Gasteiger partial charge in [-0.05, 0) is 48.9 Å². The highest BCUT2D eigenvalue weighted by Gasteiger charge is 2.52. The van der Waals surface area contributed by atoms with Gasteiger partial charge >= 0.3 is 15.5 Å². The second-order valence-corrected chi connectivity index (χ2v) is 12.0. The number of halogens is 3. The monoisotopic (exact) mass is 577 g/mol. The number of aromatic nitrogens is 3. The second-order valence-electron chi connectivity index (χ2n) is 10.1. The fourth-order valence-corrected chi connectivity index (χ4v) is 6.05. The molecule has 14 heteroatoms. The standard InChI is InChI=1S/C26H30F3N7O3S/c1-4-20-22(34-15-18-6-5-7-21(18)32-25(34)31-20)24(37)30-14-17-8-10-19(11-9-17)35-12-13-36(23(33-35)16(2)3)40(38,39)26(27,28)29/h8-11,15-16H,4-7,12-14H2,1-3H3,(H,30,37). The summed E-state index contributed by atoms with van der Waals surface area (Å²) in [6, 6.07) is 7.02. The Morgan fingerprint density at radius 1 is 1.10 bits per heavy atom. The average molecular weight is 578 g/mol. The van der Waals surface area contributed by atoms with Crippen LogP contribution >= 0.6 is 0 Å². The summed E-state index contributed by atoms with van der Waals surface area (Å²) < 4.78 is 65.7. The number of aryl methyl sites for hydroxylation is 3. The lowest BCUT2D eigenvalue weighted by atomic mass is 10.1. The summed E-state index contributed by atoms with van der Waals surface area (Å²) in [6.45, 7) is 4.93. The van der Waals surface area contributed by atoms with Gasteiger partial charge in [0.2, 0.25) is 5.78 Å². The van der Waals surface area contributed by atoms with Crippen molar-refractivity contribution < 1.29 is 26.4 Å². The topological polar surface area (TPSA) is 112 Å². The van der Waals surface area contributed by atoms with Gasteiger partial charge in [0.05, 0.1) is 24.5 Å². The number of nitrogens with zero attached hydrogens (tertiary/aromatic N) is 6. The molecule has 0 atom stereocenters. The summed E-state index contributed by atoms with van der Waals surface area (Å²) in [4.78, 5) is 22.4. The van der Waals surface area contributed by atoms with Crippen LogP contribution in [-0.2, 0) is 35.8 Å². The van der Waals surface area contributed by atoms with Gasteiger partial charge < -0.3 is 5.32 Å². The summed E-state index contributed by atoms with van der Waals surface area (Å²) in [7, 11) is -5.54. The summed E-state index contributed by atoms with van der Waals surface area (Å²) in [5.74, 6) is -0.476. The van der Waals surface area contributed by atoms with Crippen molar-refractivity contribution in [3.8, 4) is 0 Å². The largest absolute Gasteiger partial charge is 0.516 e. The molecule has 10 nitrogen and oxygen atoms in total. The average Bonchev–Trinajstić information content (AvgIpc) is 3.53. The highest BCUT2D eigenvalue weighted by Crippen LogP contribution is 2.31. The van der Waals surface area contributed by atoms with Gasteiger partial charge in [-0.3, -0.25) is 14.2 Å². The molecule has 1 N–H and O–H groups in total. The Bertz CT molecular complexity index is 1580. The van der Waals surface area contributed by atoms with E-state index in [9.17, 15) is 26.4 Å². The van der Waals surface area contributed by atoms with Gasteiger partial charge in [0.15, 0.2) is 0 Å². The molecule has 3 aromatic rings. The molecule has 0 fully saturated rings. The first-order chi connectivity index (χ1) is 18.9. The van der Waals surface area contributed by atoms with E-state index >= 15 is 0 Å². The maximum absolute atomic E-state index is 13.2. The zero-order valence-electron chi connectivity index (χ0n) is 22.4. The van der Waals surface area contributed by atoms with Gasteiger partial charge in [-0.25, -0.2) is 14.3 Å². The third-order valence-electron chi connectivity index (χ3n) is 7.04. The van der Waals surface area contributed by atoms with E-state index in [1.165, 1.54) is 5.01 Å². The van der Waals surface area contributed by atoms with Crippen LogP contribution in [0.3, 0.4) is 0 Å². The third kappa shape index (κ3) is 5.00. The molecule has 3 heterocycles. The van der Waals surface area contributed by atoms with Crippen LogP contribution in [0.15, 0.2) is 35.6 Å². The Balaban J connectivity index is 1.31. The van der Waals surface area contributed by atoms with Gasteiger partial charge in [0, 0.05) is 24.4 Å². The molecule has 0 saturated carbocycles. The zero-order chi connectivity index (χ0) is 28.8. The van der Waals surface area contributed by atoms with Crippen molar-refractivity contribution in [2.75, 3.05) is 18.1 Å². The number of carbonyl (C=O) groups is 1. The van der Waals surface area contributed by atoms with Gasteiger partial charge in [-0.15, -0.1) is 0 Å². The number of amidine groups is 1. The van der Waals surface area contributed by atoms with E-state index in [0.29, 0.717) is 33.6 Å². The van der Waals surface area contributed by atoms with E-state index in [4.69, 9.17) is 0 Å². The first-order valence-electron chi connectivity index (χ1n) is 13.1. The molecule has 5 rings (SSSR count). The van der Waals surface area contributed by atoms with Crippen LogP contribution in [0.4, 0.5) is 18.9 Å². The number of benzene rings is 1. The second kappa shape index (κ2) is 10.4. The van der Waals surface area contributed by atoms with E-state index in [-0.39, 0.29) is 31.4 Å². The smallest absolute Gasteiger partial charge is 0.347 e. The van der Waals surface area contributed by atoms with Crippen molar-refractivity contribution in [2.45, 2.75) is 58.5 Å². The number of hydrogen-bond donors (Lipinski definition) is 1. The number of sulfonamides is 1. The molecule has 1 aromatic carbocycles. The lowest BCUT2D eigenvalue weighted by Crippen LogP contribution is -2.52. The Labute approximate surface area is 229 Å². The lowest BCUT2D eigenvalue weighted by molar-refractivity contribution is -0.0473. The predicted molar refractivity (Wildman–Crippen MR) is 143 cm³/mol. The maximum atomic E-state index is 13.2. The van der Waals surface area contributed by atoms with Crippen molar-refractivity contribution >= 4 is 33.2 Å². The van der Waals surface area contributed by atoms with E-state index in [2.05, 4.69) is 20.4 Å². The van der Waals surface area contributed by atoms with Gasteiger partial charge in [0.25, 0.3) is 5.91 Å². The minimum Gasteiger partial charge on any atom is -0.347 e. The summed E-state index contributed by atoms with van der Waals surface area (Å²) >= 11 is 0. The number of carbonyl (C=O) groups excluding carboxylic acids is 1. The lowest BCUT2D eigenvalue weighted by Gasteiger charge is -2.35. The molecule has 0 bridgehead atoms. The first-order valence-corrected chi connectivity index (χ1v) is 14.6. The van der Waals surface area contributed by atoms with E-state index < -0.39 is 21.4 Å². The molecule has 0 spiro atoms. The van der Waals surface area contributed by atoms with Gasteiger partial charge in [0.1, 0.15) is 11.5 Å². The van der Waals surface area contributed by atoms with E-state index in [1.807, 2.05) is 13.1 Å². The number of nitrogens with one attached hydrogen (secondary N) is 1. The van der Waals surface area contributed by atoms with Crippen LogP contribution < -0.4 is 10.3 Å². The van der Waals surface area contributed by atoms with Gasteiger partial charge in [-0.2, -0.15) is 26.7 Å². The Hall–Kier alpha value is -3.68. The molecule has 0 radical (unpaired) electrons. The molecule has 1 aliphatic heterocycles. The van der Waals surface area contributed by atoms with E-state index in [0.717, 1.165) is 36.1 Å². The molecule has 1 aliphatic carbocycles. The van der Waals surface area contributed by atoms with Crippen LogP contribution in [0.2, 0.25) is 0 Å². The Kier molecular flexibility index (Phi) is 7.23. The number of anilines is 1. The quantitative estimate of drug-likeness (QED) is 0.459. The molecule has 2 aromatic heterocycles. The van der Waals surface area contributed by atoms with Crippen molar-refractivity contribution in [1.82, 2.24) is 24.0 Å².